The van der Waals surface area contributed by atoms with E-state index in [1.54, 1.807) is 0 Å². The highest BCUT2D eigenvalue weighted by molar-refractivity contribution is 8.01. The number of carboxylic acid groups (broad SMARTS) is 1. The van der Waals surface area contributed by atoms with Crippen LogP contribution in [-0.4, -0.2) is 27.2 Å². The van der Waals surface area contributed by atoms with E-state index < -0.39 is 46.9 Å². The van der Waals surface area contributed by atoms with Crippen molar-refractivity contribution in [3.05, 3.63) is 52.5 Å². The van der Waals surface area contributed by atoms with E-state index in [9.17, 15) is 31.5 Å². The molecule has 1 unspecified atom stereocenters. The van der Waals surface area contributed by atoms with Crippen LogP contribution in [0.1, 0.15) is 17.0 Å². The highest BCUT2D eigenvalue weighted by atomic mass is 32.2. The van der Waals surface area contributed by atoms with E-state index in [1.165, 1.54) is 6.07 Å². The molecule has 4 rings (SSSR count). The summed E-state index contributed by atoms with van der Waals surface area (Å²) < 4.78 is 67.1. The van der Waals surface area contributed by atoms with E-state index >= 15 is 0 Å². The van der Waals surface area contributed by atoms with Crippen LogP contribution in [0.5, 0.6) is 0 Å². The summed E-state index contributed by atoms with van der Waals surface area (Å²) in [6.45, 7) is -0.315. The number of rotatable bonds is 4. The maximum atomic E-state index is 14.0. The molecule has 1 amide bonds. The molecule has 5 nitrogen and oxygen atoms in total. The van der Waals surface area contributed by atoms with Gasteiger partial charge in [0.1, 0.15) is 16.6 Å². The molecular formula is C19H11F5N2O3S2. The van der Waals surface area contributed by atoms with E-state index in [-0.39, 0.29) is 27.5 Å². The Labute approximate surface area is 179 Å². The van der Waals surface area contributed by atoms with Gasteiger partial charge in [0.15, 0.2) is 0 Å². The minimum absolute atomic E-state index is 0.0164. The van der Waals surface area contributed by atoms with Gasteiger partial charge in [-0.15, -0.1) is 23.1 Å². The number of aromatic nitrogens is 1. The van der Waals surface area contributed by atoms with Crippen molar-refractivity contribution in [2.45, 2.75) is 29.3 Å². The van der Waals surface area contributed by atoms with Crippen LogP contribution in [0.3, 0.4) is 0 Å². The fourth-order valence-corrected chi connectivity index (χ4v) is 5.30. The topological polar surface area (TPSA) is 70.5 Å². The number of carbonyl (C=O) groups is 2. The van der Waals surface area contributed by atoms with Crippen molar-refractivity contribution >= 4 is 50.9 Å². The number of anilines is 1. The first-order valence-electron chi connectivity index (χ1n) is 8.68. The smallest absolute Gasteiger partial charge is 0.416 e. The lowest BCUT2D eigenvalue weighted by Gasteiger charge is -2.33. The minimum atomic E-state index is -4.65. The number of thioether (sulfide) groups is 1. The number of hydrogen-bond donors (Lipinski definition) is 1. The molecule has 0 bridgehead atoms. The molecule has 1 atom stereocenters. The fourth-order valence-electron chi connectivity index (χ4n) is 3.16. The number of fused-ring (bicyclic) bond motifs is 2. The molecule has 0 fully saturated rings. The summed E-state index contributed by atoms with van der Waals surface area (Å²) >= 11 is 1.71. The molecular weight excluding hydrogens is 463 g/mol. The molecule has 0 spiro atoms. The SMILES string of the molecule is O=C(O)CC1Sc2ccc(C(F)(F)F)cc2N(Cc2nc3cc(F)cc(F)c3s2)C1=O. The first-order valence-corrected chi connectivity index (χ1v) is 10.4. The molecule has 0 saturated heterocycles. The zero-order chi connectivity index (χ0) is 22.5. The van der Waals surface area contributed by atoms with Crippen molar-refractivity contribution in [1.29, 1.82) is 0 Å². The predicted octanol–water partition coefficient (Wildman–Crippen LogP) is 5.08. The molecule has 0 saturated carbocycles. The van der Waals surface area contributed by atoms with Gasteiger partial charge in [0.05, 0.1) is 39.7 Å². The average molecular weight is 474 g/mol. The highest BCUT2D eigenvalue weighted by Crippen LogP contribution is 2.44. The molecule has 12 heteroatoms. The van der Waals surface area contributed by atoms with Gasteiger partial charge in [-0.3, -0.25) is 9.59 Å². The Morgan fingerprint density at radius 1 is 1.19 bits per heavy atom. The Morgan fingerprint density at radius 3 is 2.61 bits per heavy atom. The minimum Gasteiger partial charge on any atom is -0.481 e. The third kappa shape index (κ3) is 4.22. The maximum Gasteiger partial charge on any atom is 0.416 e. The van der Waals surface area contributed by atoms with Crippen molar-refractivity contribution in [2.24, 2.45) is 0 Å². The number of carboxylic acids is 1. The number of alkyl halides is 3. The van der Waals surface area contributed by atoms with Gasteiger partial charge in [-0.25, -0.2) is 13.8 Å². The lowest BCUT2D eigenvalue weighted by molar-refractivity contribution is -0.138. The van der Waals surface area contributed by atoms with Crippen molar-refractivity contribution in [3.63, 3.8) is 0 Å². The molecule has 2 heterocycles. The van der Waals surface area contributed by atoms with Crippen LogP contribution in [-0.2, 0) is 22.3 Å². The quantitative estimate of drug-likeness (QED) is 0.535. The molecule has 31 heavy (non-hydrogen) atoms. The van der Waals surface area contributed by atoms with Gasteiger partial charge in [-0.1, -0.05) is 0 Å². The van der Waals surface area contributed by atoms with E-state index in [1.807, 2.05) is 0 Å². The van der Waals surface area contributed by atoms with Crippen LogP contribution in [0.2, 0.25) is 0 Å². The van der Waals surface area contributed by atoms with Crippen molar-refractivity contribution < 1.29 is 36.6 Å². The average Bonchev–Trinajstić information content (AvgIpc) is 3.06. The Bertz CT molecular complexity index is 1210. The second kappa shape index (κ2) is 7.75. The number of carbonyl (C=O) groups excluding carboxylic acids is 1. The number of nitrogens with zero attached hydrogens (tertiary/aromatic N) is 2. The number of halogens is 5. The van der Waals surface area contributed by atoms with Crippen molar-refractivity contribution in [2.75, 3.05) is 4.90 Å². The van der Waals surface area contributed by atoms with Crippen molar-refractivity contribution in [1.82, 2.24) is 4.98 Å². The van der Waals surface area contributed by atoms with Crippen LogP contribution in [0.15, 0.2) is 35.2 Å². The number of thiazole rings is 1. The Morgan fingerprint density at radius 2 is 1.94 bits per heavy atom. The number of amides is 1. The number of aliphatic carboxylic acids is 1. The molecule has 2 aromatic carbocycles. The van der Waals surface area contributed by atoms with Gasteiger partial charge in [-0.2, -0.15) is 13.2 Å². The summed E-state index contributed by atoms with van der Waals surface area (Å²) in [5.74, 6) is -3.62. The number of benzene rings is 2. The van der Waals surface area contributed by atoms with Crippen LogP contribution in [0.25, 0.3) is 10.2 Å². The zero-order valence-corrected chi connectivity index (χ0v) is 16.9. The lowest BCUT2D eigenvalue weighted by atomic mass is 10.1. The Hall–Kier alpha value is -2.73. The second-order valence-electron chi connectivity index (χ2n) is 6.65. The third-order valence-electron chi connectivity index (χ3n) is 4.49. The first kappa shape index (κ1) is 21.5. The monoisotopic (exact) mass is 474 g/mol. The van der Waals surface area contributed by atoms with Crippen LogP contribution in [0.4, 0.5) is 27.6 Å². The van der Waals surface area contributed by atoms with Crippen molar-refractivity contribution in [3.8, 4) is 0 Å². The van der Waals surface area contributed by atoms with Gasteiger partial charge in [0.25, 0.3) is 0 Å². The summed E-state index contributed by atoms with van der Waals surface area (Å²) in [7, 11) is 0. The predicted molar refractivity (Wildman–Crippen MR) is 104 cm³/mol. The Kier molecular flexibility index (Phi) is 5.38. The third-order valence-corrected chi connectivity index (χ3v) is 6.81. The molecule has 1 N–H and O–H groups in total. The molecule has 1 aromatic heterocycles. The maximum absolute atomic E-state index is 14.0. The van der Waals surface area contributed by atoms with Crippen LogP contribution < -0.4 is 4.90 Å². The first-order chi connectivity index (χ1) is 14.5. The standard InChI is InChI=1S/C19H11F5N2O3S2/c20-9-4-10(21)17-11(5-9)25-15(31-17)7-26-12-3-8(19(22,23)24)1-2-13(12)30-14(18(26)29)6-16(27)28/h1-5,14H,6-7H2,(H,27,28). The number of hydrogen-bond acceptors (Lipinski definition) is 5. The molecule has 1 aliphatic rings. The van der Waals surface area contributed by atoms with Gasteiger partial charge in [-0.05, 0) is 18.2 Å². The van der Waals surface area contributed by atoms with Gasteiger partial charge in [0.2, 0.25) is 5.91 Å². The van der Waals surface area contributed by atoms with Gasteiger partial charge in [0, 0.05) is 17.0 Å². The van der Waals surface area contributed by atoms with E-state index in [0.29, 0.717) is 11.0 Å². The van der Waals surface area contributed by atoms with Crippen LogP contribution >= 0.6 is 23.1 Å². The second-order valence-corrected chi connectivity index (χ2v) is 8.98. The largest absolute Gasteiger partial charge is 0.481 e. The van der Waals surface area contributed by atoms with E-state index in [0.717, 1.165) is 46.2 Å². The van der Waals surface area contributed by atoms with E-state index in [4.69, 9.17) is 5.11 Å². The summed E-state index contributed by atoms with van der Waals surface area (Å²) in [5, 5.41) is 8.20. The highest BCUT2D eigenvalue weighted by Gasteiger charge is 2.38. The molecule has 0 radical (unpaired) electrons. The molecule has 3 aromatic rings. The fraction of sp³-hybridized carbons (Fsp3) is 0.211. The van der Waals surface area contributed by atoms with Gasteiger partial charge >= 0.3 is 12.1 Å². The summed E-state index contributed by atoms with van der Waals surface area (Å²) in [5.41, 5.74) is -1.00. The van der Waals surface area contributed by atoms with Crippen LogP contribution in [0, 0.1) is 11.6 Å². The lowest BCUT2D eigenvalue weighted by Crippen LogP contribution is -2.41. The van der Waals surface area contributed by atoms with E-state index in [2.05, 4.69) is 4.98 Å². The summed E-state index contributed by atoms with van der Waals surface area (Å²) in [6.07, 6.45) is -5.18. The normalized spacial score (nSPS) is 16.6. The molecule has 0 aliphatic carbocycles. The Balaban J connectivity index is 1.78. The summed E-state index contributed by atoms with van der Waals surface area (Å²) in [6, 6.07) is 4.54. The van der Waals surface area contributed by atoms with Gasteiger partial charge < -0.3 is 10.0 Å². The summed E-state index contributed by atoms with van der Waals surface area (Å²) in [4.78, 5) is 29.5. The zero-order valence-electron chi connectivity index (χ0n) is 15.2. The molecule has 162 valence electrons. The molecule has 1 aliphatic heterocycles.